The Labute approximate surface area is 114 Å². The van der Waals surface area contributed by atoms with Crippen LogP contribution < -0.4 is 5.32 Å². The molecule has 2 rings (SSSR count). The molecule has 100 valence electrons. The molecule has 0 aliphatic heterocycles. The Morgan fingerprint density at radius 3 is 2.72 bits per heavy atom. The smallest absolute Gasteiger partial charge is 0.138 e. The van der Waals surface area contributed by atoms with Crippen LogP contribution in [0.1, 0.15) is 44.6 Å². The molecule has 0 heterocycles. The minimum atomic E-state index is 0.209. The van der Waals surface area contributed by atoms with Gasteiger partial charge in [-0.15, -0.1) is 0 Å². The highest BCUT2D eigenvalue weighted by atomic mass is 35.5. The Kier molecular flexibility index (Phi) is 4.52. The first kappa shape index (κ1) is 13.7. The molecule has 0 radical (unpaired) electrons. The number of phenolic OH excluding ortho intramolecular Hbond substituents is 1. The molecule has 18 heavy (non-hydrogen) atoms. The second-order valence-corrected chi connectivity index (χ2v) is 6.13. The molecule has 1 aromatic carbocycles. The van der Waals surface area contributed by atoms with Crippen molar-refractivity contribution in [1.29, 1.82) is 0 Å². The molecule has 1 aliphatic carbocycles. The number of phenols is 1. The second-order valence-electron chi connectivity index (χ2n) is 5.72. The number of aromatic hydroxyl groups is 1. The Balaban J connectivity index is 1.86. The molecule has 0 bridgehead atoms. The lowest BCUT2D eigenvalue weighted by atomic mass is 9.76. The van der Waals surface area contributed by atoms with Crippen molar-refractivity contribution >= 4 is 11.6 Å². The van der Waals surface area contributed by atoms with E-state index in [0.29, 0.717) is 17.0 Å². The van der Waals surface area contributed by atoms with E-state index in [4.69, 9.17) is 11.6 Å². The molecule has 2 nitrogen and oxygen atoms in total. The summed E-state index contributed by atoms with van der Waals surface area (Å²) < 4.78 is 0. The lowest BCUT2D eigenvalue weighted by Crippen LogP contribution is -2.33. The lowest BCUT2D eigenvalue weighted by molar-refractivity contribution is 0.207. The summed E-state index contributed by atoms with van der Waals surface area (Å²) in [6.07, 6.45) is 6.69. The number of para-hydroxylation sites is 1. The monoisotopic (exact) mass is 267 g/mol. The summed E-state index contributed by atoms with van der Waals surface area (Å²) >= 11 is 5.89. The number of halogens is 1. The molecule has 0 spiro atoms. The van der Waals surface area contributed by atoms with Gasteiger partial charge in [-0.3, -0.25) is 0 Å². The highest BCUT2D eigenvalue weighted by molar-refractivity contribution is 6.32. The van der Waals surface area contributed by atoms with E-state index in [-0.39, 0.29) is 5.75 Å². The van der Waals surface area contributed by atoms with E-state index in [1.807, 2.05) is 12.1 Å². The first-order chi connectivity index (χ1) is 8.61. The highest BCUT2D eigenvalue weighted by Crippen LogP contribution is 2.35. The number of hydrogen-bond acceptors (Lipinski definition) is 2. The maximum Gasteiger partial charge on any atom is 0.138 e. The molecule has 0 aromatic heterocycles. The van der Waals surface area contributed by atoms with Gasteiger partial charge in [-0.25, -0.2) is 0 Å². The van der Waals surface area contributed by atoms with Crippen LogP contribution in [0.4, 0.5) is 0 Å². The fraction of sp³-hybridized carbons (Fsp3) is 0.600. The van der Waals surface area contributed by atoms with Crippen molar-refractivity contribution in [3.8, 4) is 5.75 Å². The van der Waals surface area contributed by atoms with Gasteiger partial charge in [-0.2, -0.15) is 0 Å². The number of nitrogens with one attached hydrogen (secondary N) is 1. The van der Waals surface area contributed by atoms with E-state index in [0.717, 1.165) is 12.1 Å². The zero-order valence-corrected chi connectivity index (χ0v) is 11.8. The Bertz CT molecular complexity index is 399. The topological polar surface area (TPSA) is 32.3 Å². The van der Waals surface area contributed by atoms with E-state index in [1.165, 1.54) is 32.1 Å². The summed E-state index contributed by atoms with van der Waals surface area (Å²) in [6.45, 7) is 4.05. The second kappa shape index (κ2) is 5.94. The molecule has 1 aliphatic rings. The first-order valence-electron chi connectivity index (χ1n) is 6.78. The van der Waals surface area contributed by atoms with E-state index < -0.39 is 0 Å². The fourth-order valence-corrected chi connectivity index (χ4v) is 2.98. The average molecular weight is 268 g/mol. The van der Waals surface area contributed by atoms with Crippen LogP contribution in [-0.4, -0.2) is 11.7 Å². The van der Waals surface area contributed by atoms with Crippen LogP contribution in [0, 0.1) is 5.41 Å². The van der Waals surface area contributed by atoms with Gasteiger partial charge in [0.15, 0.2) is 0 Å². The van der Waals surface area contributed by atoms with Gasteiger partial charge in [0.05, 0.1) is 5.02 Å². The molecule has 3 heteroatoms. The van der Waals surface area contributed by atoms with Crippen LogP contribution in [-0.2, 0) is 6.54 Å². The van der Waals surface area contributed by atoms with Crippen molar-refractivity contribution in [1.82, 2.24) is 5.32 Å². The fourth-order valence-electron chi connectivity index (χ4n) is 2.78. The van der Waals surface area contributed by atoms with Crippen LogP contribution in [0.5, 0.6) is 5.75 Å². The van der Waals surface area contributed by atoms with Crippen molar-refractivity contribution < 1.29 is 5.11 Å². The summed E-state index contributed by atoms with van der Waals surface area (Å²) in [4.78, 5) is 0. The SMILES string of the molecule is CC1(CNCc2cccc(Cl)c2O)CCCCC1. The molecule has 0 saturated heterocycles. The lowest BCUT2D eigenvalue weighted by Gasteiger charge is -2.33. The Morgan fingerprint density at radius 1 is 1.28 bits per heavy atom. The van der Waals surface area contributed by atoms with Crippen molar-refractivity contribution in [2.24, 2.45) is 5.41 Å². The zero-order chi connectivity index (χ0) is 13.0. The molecule has 1 saturated carbocycles. The molecule has 0 unspecified atom stereocenters. The third-order valence-electron chi connectivity index (χ3n) is 4.00. The summed E-state index contributed by atoms with van der Waals surface area (Å²) in [7, 11) is 0. The van der Waals surface area contributed by atoms with Gasteiger partial charge in [-0.05, 0) is 24.3 Å². The zero-order valence-electron chi connectivity index (χ0n) is 11.0. The van der Waals surface area contributed by atoms with Gasteiger partial charge in [0.25, 0.3) is 0 Å². The van der Waals surface area contributed by atoms with Crippen molar-refractivity contribution in [3.63, 3.8) is 0 Å². The van der Waals surface area contributed by atoms with Crippen LogP contribution in [0.3, 0.4) is 0 Å². The van der Waals surface area contributed by atoms with Gasteiger partial charge < -0.3 is 10.4 Å². The summed E-state index contributed by atoms with van der Waals surface area (Å²) in [5, 5.41) is 13.7. The van der Waals surface area contributed by atoms with Gasteiger partial charge in [0.2, 0.25) is 0 Å². The van der Waals surface area contributed by atoms with Crippen LogP contribution in [0.15, 0.2) is 18.2 Å². The summed E-state index contributed by atoms with van der Waals surface area (Å²) in [5.41, 5.74) is 1.30. The van der Waals surface area contributed by atoms with Gasteiger partial charge in [-0.1, -0.05) is 49.9 Å². The van der Waals surface area contributed by atoms with E-state index in [9.17, 15) is 5.11 Å². The highest BCUT2D eigenvalue weighted by Gasteiger charge is 2.26. The molecular formula is C15H22ClNO. The molecular weight excluding hydrogens is 246 g/mol. The van der Waals surface area contributed by atoms with Crippen LogP contribution in [0.2, 0.25) is 5.02 Å². The average Bonchev–Trinajstić information content (AvgIpc) is 2.35. The maximum absolute atomic E-state index is 9.83. The maximum atomic E-state index is 9.83. The molecule has 1 fully saturated rings. The predicted octanol–water partition coefficient (Wildman–Crippen LogP) is 4.11. The molecule has 2 N–H and O–H groups in total. The molecule has 1 aromatic rings. The number of hydrogen-bond donors (Lipinski definition) is 2. The largest absolute Gasteiger partial charge is 0.506 e. The molecule has 0 atom stereocenters. The van der Waals surface area contributed by atoms with Gasteiger partial charge >= 0.3 is 0 Å². The third-order valence-corrected chi connectivity index (χ3v) is 4.30. The number of benzene rings is 1. The minimum absolute atomic E-state index is 0.209. The standard InChI is InChI=1S/C15H22ClNO/c1-15(8-3-2-4-9-15)11-17-10-12-6-5-7-13(16)14(12)18/h5-7,17-18H,2-4,8-11H2,1H3. The predicted molar refractivity (Wildman–Crippen MR) is 76.0 cm³/mol. The minimum Gasteiger partial charge on any atom is -0.506 e. The van der Waals surface area contributed by atoms with E-state index in [2.05, 4.69) is 12.2 Å². The van der Waals surface area contributed by atoms with Gasteiger partial charge in [0, 0.05) is 18.7 Å². The van der Waals surface area contributed by atoms with Crippen LogP contribution in [0.25, 0.3) is 0 Å². The van der Waals surface area contributed by atoms with Crippen molar-refractivity contribution in [3.05, 3.63) is 28.8 Å². The Morgan fingerprint density at radius 2 is 2.00 bits per heavy atom. The third kappa shape index (κ3) is 3.39. The van der Waals surface area contributed by atoms with Gasteiger partial charge in [0.1, 0.15) is 5.75 Å². The Hall–Kier alpha value is -0.730. The van der Waals surface area contributed by atoms with Crippen molar-refractivity contribution in [2.75, 3.05) is 6.54 Å². The normalized spacial score (nSPS) is 18.8. The number of rotatable bonds is 4. The quantitative estimate of drug-likeness (QED) is 0.861. The summed E-state index contributed by atoms with van der Waals surface area (Å²) in [6, 6.07) is 5.50. The van der Waals surface area contributed by atoms with E-state index >= 15 is 0 Å². The molecule has 0 amide bonds. The summed E-state index contributed by atoms with van der Waals surface area (Å²) in [5.74, 6) is 0.209. The van der Waals surface area contributed by atoms with Crippen molar-refractivity contribution in [2.45, 2.75) is 45.6 Å². The van der Waals surface area contributed by atoms with Crippen LogP contribution >= 0.6 is 11.6 Å². The van der Waals surface area contributed by atoms with E-state index in [1.54, 1.807) is 6.07 Å². The first-order valence-corrected chi connectivity index (χ1v) is 7.16.